The van der Waals surface area contributed by atoms with Gasteiger partial charge in [0.2, 0.25) is 11.9 Å². The molecule has 2 aliphatic heterocycles. The average Bonchev–Trinajstić information content (AvgIpc) is 3.62. The van der Waals surface area contributed by atoms with Crippen LogP contribution in [-0.4, -0.2) is 107 Å². The number of imidazole rings is 2. The number of hydrogen-bond acceptors (Lipinski definition) is 10. The maximum Gasteiger partial charge on any atom is 0.407 e. The van der Waals surface area contributed by atoms with Crippen molar-refractivity contribution in [2.75, 3.05) is 62.2 Å². The number of fused-ring (bicyclic) bond motifs is 2. The van der Waals surface area contributed by atoms with Crippen molar-refractivity contribution >= 4 is 40.1 Å². The summed E-state index contributed by atoms with van der Waals surface area (Å²) in [6, 6.07) is 0. The minimum Gasteiger partial charge on any atom is -0.465 e. The van der Waals surface area contributed by atoms with Gasteiger partial charge in [0, 0.05) is 66.5 Å². The van der Waals surface area contributed by atoms with Gasteiger partial charge in [-0.15, -0.1) is 11.8 Å². The zero-order chi connectivity index (χ0) is 32.1. The summed E-state index contributed by atoms with van der Waals surface area (Å²) < 4.78 is 6.29. The number of nitrogens with one attached hydrogen (secondary N) is 1. The lowest BCUT2D eigenvalue weighted by atomic mass is 10.3. The van der Waals surface area contributed by atoms with Crippen LogP contribution in [0.2, 0.25) is 0 Å². The van der Waals surface area contributed by atoms with E-state index in [4.69, 9.17) is 5.11 Å². The van der Waals surface area contributed by atoms with E-state index in [1.807, 2.05) is 9.47 Å². The molecular weight excluding hydrogens is 580 g/mol. The van der Waals surface area contributed by atoms with Gasteiger partial charge in [0.25, 0.3) is 11.1 Å². The summed E-state index contributed by atoms with van der Waals surface area (Å²) >= 11 is 0. The SMILES string of the molecule is CC#CCn1c(N2CCN(C(=O)O)CC2)nc2cnn(C)c(=O)c21.CC#CCn1c(N2CCNCC2)nc2cnn(C)c(=O)c21. The van der Waals surface area contributed by atoms with E-state index in [1.54, 1.807) is 44.9 Å². The number of aromatic nitrogens is 8. The molecule has 236 valence electrons. The molecular formula is C29H36N12O4. The highest BCUT2D eigenvalue weighted by Crippen LogP contribution is 2.22. The first-order valence-electron chi connectivity index (χ1n) is 14.6. The van der Waals surface area contributed by atoms with Crippen molar-refractivity contribution in [3.8, 4) is 23.7 Å². The van der Waals surface area contributed by atoms with E-state index in [-0.39, 0.29) is 11.1 Å². The third kappa shape index (κ3) is 6.32. The van der Waals surface area contributed by atoms with Crippen molar-refractivity contribution < 1.29 is 9.90 Å². The second-order valence-corrected chi connectivity index (χ2v) is 10.5. The zero-order valence-electron chi connectivity index (χ0n) is 25.8. The fraction of sp³-hybridized carbons (Fsp3) is 0.483. The molecule has 6 rings (SSSR count). The molecule has 0 aromatic carbocycles. The molecule has 2 aliphatic rings. The van der Waals surface area contributed by atoms with Gasteiger partial charge < -0.3 is 25.1 Å². The van der Waals surface area contributed by atoms with E-state index in [0.29, 0.717) is 67.3 Å². The predicted molar refractivity (Wildman–Crippen MR) is 169 cm³/mol. The average molecular weight is 617 g/mol. The van der Waals surface area contributed by atoms with Gasteiger partial charge in [-0.2, -0.15) is 10.2 Å². The molecule has 1 amide bonds. The summed E-state index contributed by atoms with van der Waals surface area (Å²) in [5.74, 6) is 13.1. The minimum atomic E-state index is -0.918. The van der Waals surface area contributed by atoms with Gasteiger partial charge in [-0.25, -0.2) is 24.1 Å². The molecule has 16 heteroatoms. The highest BCUT2D eigenvalue weighted by Gasteiger charge is 2.26. The number of nitrogens with zero attached hydrogens (tertiary/aromatic N) is 11. The number of piperazine rings is 2. The van der Waals surface area contributed by atoms with E-state index >= 15 is 0 Å². The predicted octanol–water partition coefficient (Wildman–Crippen LogP) is -0.484. The molecule has 4 aromatic rings. The molecule has 0 bridgehead atoms. The molecule has 6 heterocycles. The Morgan fingerprint density at radius 2 is 1.22 bits per heavy atom. The van der Waals surface area contributed by atoms with Crippen LogP contribution < -0.4 is 26.2 Å². The first kappa shape index (κ1) is 31.1. The van der Waals surface area contributed by atoms with Crippen LogP contribution >= 0.6 is 0 Å². The third-order valence-corrected chi connectivity index (χ3v) is 7.71. The van der Waals surface area contributed by atoms with E-state index in [1.165, 1.54) is 14.3 Å². The van der Waals surface area contributed by atoms with E-state index in [9.17, 15) is 14.4 Å². The number of carboxylic acid groups (broad SMARTS) is 1. The smallest absolute Gasteiger partial charge is 0.407 e. The second kappa shape index (κ2) is 13.5. The van der Waals surface area contributed by atoms with Crippen molar-refractivity contribution in [1.29, 1.82) is 0 Å². The lowest BCUT2D eigenvalue weighted by Gasteiger charge is -2.33. The van der Waals surface area contributed by atoms with Crippen LogP contribution in [-0.2, 0) is 27.2 Å². The Hall–Kier alpha value is -5.35. The van der Waals surface area contributed by atoms with Crippen LogP contribution in [0.1, 0.15) is 13.8 Å². The molecule has 0 saturated carbocycles. The maximum absolute atomic E-state index is 12.4. The summed E-state index contributed by atoms with van der Waals surface area (Å²) in [5, 5.41) is 20.4. The van der Waals surface area contributed by atoms with Crippen LogP contribution in [0.5, 0.6) is 0 Å². The van der Waals surface area contributed by atoms with Gasteiger partial charge >= 0.3 is 6.09 Å². The van der Waals surface area contributed by atoms with Gasteiger partial charge in [0.05, 0.1) is 25.5 Å². The Bertz CT molecular complexity index is 1950. The van der Waals surface area contributed by atoms with E-state index in [0.717, 1.165) is 32.1 Å². The van der Waals surface area contributed by atoms with Crippen LogP contribution in [0.25, 0.3) is 22.1 Å². The molecule has 0 spiro atoms. The number of anilines is 2. The molecule has 45 heavy (non-hydrogen) atoms. The van der Waals surface area contributed by atoms with Gasteiger partial charge in [-0.05, 0) is 13.8 Å². The molecule has 2 saturated heterocycles. The minimum absolute atomic E-state index is 0.140. The summed E-state index contributed by atoms with van der Waals surface area (Å²) in [5.41, 5.74) is 1.82. The quantitative estimate of drug-likeness (QED) is 0.285. The van der Waals surface area contributed by atoms with Gasteiger partial charge in [0.1, 0.15) is 22.1 Å². The van der Waals surface area contributed by atoms with Crippen LogP contribution in [0.3, 0.4) is 0 Å². The van der Waals surface area contributed by atoms with Crippen LogP contribution in [0.15, 0.2) is 22.0 Å². The van der Waals surface area contributed by atoms with Crippen LogP contribution in [0.4, 0.5) is 16.7 Å². The van der Waals surface area contributed by atoms with Crippen LogP contribution in [0, 0.1) is 23.7 Å². The zero-order valence-corrected chi connectivity index (χ0v) is 25.8. The lowest BCUT2D eigenvalue weighted by molar-refractivity contribution is 0.142. The standard InChI is InChI=1S/C15H18N6O3.C14H18N6O/c1-3-4-5-21-12-11(10-16-18(2)13(12)22)17-14(21)19-6-8-20(9-7-19)15(23)24;1-3-4-7-20-12-11(10-16-18(2)13(12)21)17-14(20)19-8-5-15-6-9-19/h10H,5-9H2,1-2H3,(H,23,24);10,15H,5-9H2,1-2H3. The topological polar surface area (TPSA) is 164 Å². The highest BCUT2D eigenvalue weighted by molar-refractivity contribution is 5.78. The molecule has 0 atom stereocenters. The molecule has 0 aliphatic carbocycles. The summed E-state index contributed by atoms with van der Waals surface area (Å²) in [4.78, 5) is 50.5. The second-order valence-electron chi connectivity index (χ2n) is 10.5. The summed E-state index contributed by atoms with van der Waals surface area (Å²) in [7, 11) is 3.24. The summed E-state index contributed by atoms with van der Waals surface area (Å²) in [6.07, 6.45) is 2.28. The van der Waals surface area contributed by atoms with Gasteiger partial charge in [-0.1, -0.05) is 11.8 Å². The number of amides is 1. The summed E-state index contributed by atoms with van der Waals surface area (Å²) in [6.45, 7) is 9.75. The number of carbonyl (C=O) groups is 1. The number of hydrogen-bond donors (Lipinski definition) is 2. The number of aryl methyl sites for hydroxylation is 2. The van der Waals surface area contributed by atoms with Gasteiger partial charge in [0.15, 0.2) is 0 Å². The molecule has 4 aromatic heterocycles. The molecule has 2 fully saturated rings. The lowest BCUT2D eigenvalue weighted by Crippen LogP contribution is -2.49. The van der Waals surface area contributed by atoms with Crippen molar-refractivity contribution in [3.63, 3.8) is 0 Å². The first-order valence-corrected chi connectivity index (χ1v) is 14.6. The van der Waals surface area contributed by atoms with Crippen molar-refractivity contribution in [2.45, 2.75) is 26.9 Å². The largest absolute Gasteiger partial charge is 0.465 e. The monoisotopic (exact) mass is 616 g/mol. The van der Waals surface area contributed by atoms with E-state index < -0.39 is 6.09 Å². The number of rotatable bonds is 4. The Balaban J connectivity index is 0.000000179. The third-order valence-electron chi connectivity index (χ3n) is 7.71. The normalized spacial score (nSPS) is 14.8. The fourth-order valence-electron chi connectivity index (χ4n) is 5.30. The van der Waals surface area contributed by atoms with Gasteiger partial charge in [-0.3, -0.25) is 18.7 Å². The van der Waals surface area contributed by atoms with Crippen molar-refractivity contribution in [2.24, 2.45) is 14.1 Å². The van der Waals surface area contributed by atoms with E-state index in [2.05, 4.69) is 54.1 Å². The Morgan fingerprint density at radius 1 is 0.778 bits per heavy atom. The highest BCUT2D eigenvalue weighted by atomic mass is 16.4. The Morgan fingerprint density at radius 3 is 1.64 bits per heavy atom. The van der Waals surface area contributed by atoms with Crippen molar-refractivity contribution in [1.82, 2.24) is 48.9 Å². The maximum atomic E-state index is 12.4. The first-order chi connectivity index (χ1) is 21.7. The molecule has 0 radical (unpaired) electrons. The Labute approximate surface area is 258 Å². The molecule has 0 unspecified atom stereocenters. The molecule has 16 nitrogen and oxygen atoms in total. The Kier molecular flexibility index (Phi) is 9.34. The molecule has 2 N–H and O–H groups in total. The fourth-order valence-corrected chi connectivity index (χ4v) is 5.30. The van der Waals surface area contributed by atoms with Crippen molar-refractivity contribution in [3.05, 3.63) is 33.1 Å².